The van der Waals surface area contributed by atoms with Crippen LogP contribution >= 0.6 is 0 Å². The molecule has 0 amide bonds. The van der Waals surface area contributed by atoms with Crippen LogP contribution in [0.4, 0.5) is 0 Å². The molecule has 0 aromatic rings. The van der Waals surface area contributed by atoms with Crippen molar-refractivity contribution < 1.29 is 0 Å². The third-order valence-corrected chi connectivity index (χ3v) is 1.69. The largest absolute Gasteiger partial charge is 0.0854 e. The molecule has 0 aromatic carbocycles. The van der Waals surface area contributed by atoms with E-state index in [1.54, 1.807) is 0 Å². The maximum absolute atomic E-state index is 2.29. The van der Waals surface area contributed by atoms with E-state index in [0.717, 1.165) is 6.42 Å². The summed E-state index contributed by atoms with van der Waals surface area (Å²) in [6.07, 6.45) is 3.45. The van der Waals surface area contributed by atoms with Crippen molar-refractivity contribution >= 4 is 0 Å². The highest BCUT2D eigenvalue weighted by Crippen LogP contribution is 2.24. The Kier molecular flexibility index (Phi) is 2.96. The van der Waals surface area contributed by atoms with Gasteiger partial charge in [0.1, 0.15) is 0 Å². The Balaban J connectivity index is 4.03. The fourth-order valence-electron chi connectivity index (χ4n) is 0.612. The summed E-state index contributed by atoms with van der Waals surface area (Å²) in [6.45, 7) is 11.1. The first-order chi connectivity index (χ1) is 3.98. The Labute approximate surface area is 59.0 Å². The topological polar surface area (TPSA) is 0 Å². The van der Waals surface area contributed by atoms with E-state index < -0.39 is 0 Å². The van der Waals surface area contributed by atoms with Crippen LogP contribution in [0.1, 0.15) is 41.0 Å². The normalized spacial score (nSPS) is 14.1. The van der Waals surface area contributed by atoms with Crippen LogP contribution < -0.4 is 0 Å². The van der Waals surface area contributed by atoms with Crippen molar-refractivity contribution in [2.24, 2.45) is 5.41 Å². The fourth-order valence-corrected chi connectivity index (χ4v) is 0.612. The van der Waals surface area contributed by atoms with Crippen LogP contribution in [0.2, 0.25) is 0 Å². The SMILES string of the molecule is CCC=C(C)C(C)(C)C. The molecule has 0 aliphatic rings. The summed E-state index contributed by atoms with van der Waals surface area (Å²) in [7, 11) is 0. The highest BCUT2D eigenvalue weighted by Gasteiger charge is 2.10. The molecule has 0 heteroatoms. The number of hydrogen-bond acceptors (Lipinski definition) is 0. The van der Waals surface area contributed by atoms with E-state index in [2.05, 4.69) is 40.7 Å². The molecule has 0 atom stereocenters. The molecule has 9 heavy (non-hydrogen) atoms. The second-order valence-corrected chi connectivity index (χ2v) is 3.55. The van der Waals surface area contributed by atoms with Gasteiger partial charge in [0.05, 0.1) is 0 Å². The van der Waals surface area contributed by atoms with E-state index in [4.69, 9.17) is 0 Å². The van der Waals surface area contributed by atoms with Crippen LogP contribution in [0.5, 0.6) is 0 Å². The third-order valence-electron chi connectivity index (χ3n) is 1.69. The lowest BCUT2D eigenvalue weighted by molar-refractivity contribution is 0.502. The molecule has 0 aliphatic carbocycles. The second kappa shape index (κ2) is 3.05. The molecule has 0 radical (unpaired) electrons. The van der Waals surface area contributed by atoms with Crippen molar-refractivity contribution in [3.05, 3.63) is 11.6 Å². The lowest BCUT2D eigenvalue weighted by atomic mass is 9.87. The van der Waals surface area contributed by atoms with Crippen molar-refractivity contribution in [2.45, 2.75) is 41.0 Å². The van der Waals surface area contributed by atoms with Crippen molar-refractivity contribution in [1.82, 2.24) is 0 Å². The molecule has 0 spiro atoms. The van der Waals surface area contributed by atoms with Gasteiger partial charge in [-0.2, -0.15) is 0 Å². The maximum atomic E-state index is 2.29. The smallest absolute Gasteiger partial charge is 0.0176 e. The van der Waals surface area contributed by atoms with Gasteiger partial charge in [0.15, 0.2) is 0 Å². The molecule has 0 fully saturated rings. The van der Waals surface area contributed by atoms with Crippen LogP contribution in [0, 0.1) is 5.41 Å². The van der Waals surface area contributed by atoms with E-state index in [1.807, 2.05) is 0 Å². The Morgan fingerprint density at radius 2 is 1.78 bits per heavy atom. The molecule has 54 valence electrons. The van der Waals surface area contributed by atoms with Gasteiger partial charge in [-0.05, 0) is 18.8 Å². The molecule has 0 saturated heterocycles. The Bertz CT molecular complexity index is 102. The summed E-state index contributed by atoms with van der Waals surface area (Å²) >= 11 is 0. The third kappa shape index (κ3) is 3.34. The molecule has 0 rings (SSSR count). The molecule has 0 unspecified atom stereocenters. The van der Waals surface area contributed by atoms with Crippen molar-refractivity contribution in [1.29, 1.82) is 0 Å². The average molecular weight is 126 g/mol. The predicted molar refractivity (Wildman–Crippen MR) is 43.5 cm³/mol. The van der Waals surface area contributed by atoms with Gasteiger partial charge in [0.2, 0.25) is 0 Å². The van der Waals surface area contributed by atoms with Gasteiger partial charge in [-0.1, -0.05) is 39.3 Å². The summed E-state index contributed by atoms with van der Waals surface area (Å²) < 4.78 is 0. The summed E-state index contributed by atoms with van der Waals surface area (Å²) in [5.74, 6) is 0. The molecular formula is C9H18. The van der Waals surface area contributed by atoms with Crippen LogP contribution in [0.25, 0.3) is 0 Å². The standard InChI is InChI=1S/C9H18/c1-6-7-8(2)9(3,4)5/h7H,6H2,1-5H3. The maximum Gasteiger partial charge on any atom is -0.0176 e. The van der Waals surface area contributed by atoms with E-state index in [-0.39, 0.29) is 0 Å². The summed E-state index contributed by atoms with van der Waals surface area (Å²) in [5, 5.41) is 0. The van der Waals surface area contributed by atoms with Gasteiger partial charge < -0.3 is 0 Å². The first kappa shape index (κ1) is 8.74. The molecular weight excluding hydrogens is 108 g/mol. The number of rotatable bonds is 1. The zero-order valence-electron chi connectivity index (χ0n) is 7.28. The highest BCUT2D eigenvalue weighted by atomic mass is 14.2. The van der Waals surface area contributed by atoms with Gasteiger partial charge in [-0.3, -0.25) is 0 Å². The second-order valence-electron chi connectivity index (χ2n) is 3.55. The highest BCUT2D eigenvalue weighted by molar-refractivity contribution is 5.06. The Morgan fingerprint density at radius 3 is 1.89 bits per heavy atom. The minimum Gasteiger partial charge on any atom is -0.0854 e. The van der Waals surface area contributed by atoms with E-state index in [9.17, 15) is 0 Å². The van der Waals surface area contributed by atoms with Crippen LogP contribution in [-0.4, -0.2) is 0 Å². The van der Waals surface area contributed by atoms with Gasteiger partial charge in [-0.15, -0.1) is 0 Å². The monoisotopic (exact) mass is 126 g/mol. The average Bonchev–Trinajstić information content (AvgIpc) is 1.64. The van der Waals surface area contributed by atoms with Crippen molar-refractivity contribution in [2.75, 3.05) is 0 Å². The molecule has 0 aromatic heterocycles. The molecule has 0 nitrogen and oxygen atoms in total. The number of allylic oxidation sites excluding steroid dienone is 2. The summed E-state index contributed by atoms with van der Waals surface area (Å²) in [5.41, 5.74) is 1.86. The van der Waals surface area contributed by atoms with E-state index in [0.29, 0.717) is 5.41 Å². The quantitative estimate of drug-likeness (QED) is 0.472. The molecule has 0 aliphatic heterocycles. The zero-order chi connectivity index (χ0) is 7.49. The lowest BCUT2D eigenvalue weighted by Gasteiger charge is -2.18. The van der Waals surface area contributed by atoms with E-state index >= 15 is 0 Å². The lowest BCUT2D eigenvalue weighted by Crippen LogP contribution is -2.05. The molecule has 0 saturated carbocycles. The Morgan fingerprint density at radius 1 is 1.33 bits per heavy atom. The molecule has 0 heterocycles. The van der Waals surface area contributed by atoms with Crippen molar-refractivity contribution in [3.8, 4) is 0 Å². The van der Waals surface area contributed by atoms with Crippen LogP contribution in [0.15, 0.2) is 11.6 Å². The molecule has 0 N–H and O–H groups in total. The number of hydrogen-bond donors (Lipinski definition) is 0. The van der Waals surface area contributed by atoms with Crippen LogP contribution in [0.3, 0.4) is 0 Å². The zero-order valence-corrected chi connectivity index (χ0v) is 7.28. The van der Waals surface area contributed by atoms with Gasteiger partial charge in [0, 0.05) is 0 Å². The summed E-state index contributed by atoms with van der Waals surface area (Å²) in [6, 6.07) is 0. The predicted octanol–water partition coefficient (Wildman–Crippen LogP) is 3.39. The minimum atomic E-state index is 0.371. The Hall–Kier alpha value is -0.260. The first-order valence-corrected chi connectivity index (χ1v) is 3.65. The minimum absolute atomic E-state index is 0.371. The van der Waals surface area contributed by atoms with Crippen LogP contribution in [-0.2, 0) is 0 Å². The first-order valence-electron chi connectivity index (χ1n) is 3.65. The summed E-state index contributed by atoms with van der Waals surface area (Å²) in [4.78, 5) is 0. The van der Waals surface area contributed by atoms with Gasteiger partial charge in [-0.25, -0.2) is 0 Å². The van der Waals surface area contributed by atoms with Gasteiger partial charge >= 0.3 is 0 Å². The van der Waals surface area contributed by atoms with Gasteiger partial charge in [0.25, 0.3) is 0 Å². The van der Waals surface area contributed by atoms with Crippen molar-refractivity contribution in [3.63, 3.8) is 0 Å². The fraction of sp³-hybridized carbons (Fsp3) is 0.778. The molecule has 0 bridgehead atoms. The van der Waals surface area contributed by atoms with E-state index in [1.165, 1.54) is 5.57 Å².